The number of rotatable bonds is 9. The number of nitrogens with two attached hydrogens (primary N) is 3. The van der Waals surface area contributed by atoms with Crippen LogP contribution in [0, 0.1) is 5.92 Å². The van der Waals surface area contributed by atoms with Crippen LogP contribution in [0.3, 0.4) is 0 Å². The predicted molar refractivity (Wildman–Crippen MR) is 165 cm³/mol. The number of primary amides is 1. The number of hydrogen-bond acceptors (Lipinski definition) is 8. The van der Waals surface area contributed by atoms with Crippen molar-refractivity contribution in [3.8, 4) is 5.75 Å². The minimum Gasteiger partial charge on any atom is -0.488 e. The third kappa shape index (κ3) is 9.32. The van der Waals surface area contributed by atoms with E-state index in [2.05, 4.69) is 25.7 Å². The predicted octanol–water partition coefficient (Wildman–Crippen LogP) is 0.371. The molecule has 238 valence electrons. The minimum absolute atomic E-state index is 0.0371. The van der Waals surface area contributed by atoms with E-state index in [1.165, 1.54) is 36.4 Å². The van der Waals surface area contributed by atoms with Crippen molar-refractivity contribution in [2.45, 2.75) is 51.8 Å². The Balaban J connectivity index is 2.12. The van der Waals surface area contributed by atoms with Gasteiger partial charge in [0.25, 0.3) is 5.91 Å². The molecule has 15 nitrogen and oxygen atoms in total. The molecule has 4 amide bonds. The van der Waals surface area contributed by atoms with Crippen LogP contribution in [0.15, 0.2) is 41.4 Å². The summed E-state index contributed by atoms with van der Waals surface area (Å²) < 4.78 is 32.0. The number of fused-ring (bicyclic) bond motifs is 2. The van der Waals surface area contributed by atoms with Crippen molar-refractivity contribution >= 4 is 51.0 Å². The zero-order chi connectivity index (χ0) is 32.6. The van der Waals surface area contributed by atoms with Crippen molar-refractivity contribution in [2.75, 3.05) is 22.8 Å². The number of hydrogen-bond donors (Lipinski definition) is 7. The Hall–Kier alpha value is -4.86. The number of nitrogens with one attached hydrogen (secondary N) is 4. The van der Waals surface area contributed by atoms with E-state index in [9.17, 15) is 27.6 Å². The fraction of sp³-hybridized carbons (Fsp3) is 0.393. The van der Waals surface area contributed by atoms with Gasteiger partial charge in [-0.25, -0.2) is 8.42 Å². The molecule has 10 N–H and O–H groups in total. The van der Waals surface area contributed by atoms with Crippen LogP contribution in [0.5, 0.6) is 5.75 Å². The number of guanidine groups is 1. The van der Waals surface area contributed by atoms with Crippen LogP contribution in [-0.4, -0.2) is 62.9 Å². The summed E-state index contributed by atoms with van der Waals surface area (Å²) >= 11 is 0. The molecule has 1 unspecified atom stereocenters. The summed E-state index contributed by atoms with van der Waals surface area (Å²) in [5.41, 5.74) is 17.1. The van der Waals surface area contributed by atoms with Gasteiger partial charge in [0.1, 0.15) is 24.4 Å². The van der Waals surface area contributed by atoms with E-state index in [1.54, 1.807) is 6.92 Å². The number of ether oxygens (including phenoxy) is 1. The lowest BCUT2D eigenvalue weighted by Gasteiger charge is -2.27. The number of sulfonamides is 1. The van der Waals surface area contributed by atoms with E-state index in [-0.39, 0.29) is 59.7 Å². The van der Waals surface area contributed by atoms with Crippen LogP contribution in [-0.2, 0) is 26.2 Å². The molecule has 0 saturated heterocycles. The fourth-order valence-corrected chi connectivity index (χ4v) is 4.97. The Bertz CT molecular complexity index is 1560. The number of carbonyl (C=O) groups excluding carboxylic acids is 4. The van der Waals surface area contributed by atoms with Gasteiger partial charge in [0.2, 0.25) is 27.7 Å². The average molecular weight is 631 g/mol. The van der Waals surface area contributed by atoms with Gasteiger partial charge in [-0.2, -0.15) is 0 Å². The Kier molecular flexibility index (Phi) is 11.1. The van der Waals surface area contributed by atoms with E-state index in [0.717, 1.165) is 6.26 Å². The van der Waals surface area contributed by atoms with Gasteiger partial charge >= 0.3 is 0 Å². The molecule has 2 aromatic rings. The lowest BCUT2D eigenvalue weighted by Crippen LogP contribution is -2.55. The van der Waals surface area contributed by atoms with E-state index in [1.807, 2.05) is 6.92 Å². The first-order valence-corrected chi connectivity index (χ1v) is 15.7. The Morgan fingerprint density at radius 3 is 2.45 bits per heavy atom. The van der Waals surface area contributed by atoms with Crippen LogP contribution in [0.25, 0.3) is 0 Å². The second-order valence-corrected chi connectivity index (χ2v) is 12.2. The molecule has 3 atom stereocenters. The first-order chi connectivity index (χ1) is 20.7. The van der Waals surface area contributed by atoms with Crippen molar-refractivity contribution in [3.63, 3.8) is 0 Å². The summed E-state index contributed by atoms with van der Waals surface area (Å²) in [5, 5.41) is 8.23. The lowest BCUT2D eigenvalue weighted by atomic mass is 9.97. The molecule has 1 aliphatic heterocycles. The normalized spacial score (nSPS) is 18.1. The molecule has 0 radical (unpaired) electrons. The maximum absolute atomic E-state index is 13.6. The minimum atomic E-state index is -3.67. The molecule has 0 aliphatic carbocycles. The molecule has 0 bridgehead atoms. The van der Waals surface area contributed by atoms with Gasteiger partial charge in [-0.15, -0.1) is 0 Å². The molecule has 3 rings (SSSR count). The fourth-order valence-electron chi connectivity index (χ4n) is 4.41. The second kappa shape index (κ2) is 14.5. The summed E-state index contributed by atoms with van der Waals surface area (Å²) in [4.78, 5) is 56.7. The van der Waals surface area contributed by atoms with Crippen molar-refractivity contribution in [3.05, 3.63) is 53.1 Å². The topological polar surface area (TPSA) is 250 Å². The van der Waals surface area contributed by atoms with Gasteiger partial charge in [-0.05, 0) is 49.1 Å². The van der Waals surface area contributed by atoms with Gasteiger partial charge in [-0.1, -0.05) is 26.3 Å². The van der Waals surface area contributed by atoms with Crippen LogP contribution >= 0.6 is 0 Å². The number of anilines is 2. The quantitative estimate of drug-likeness (QED) is 0.115. The van der Waals surface area contributed by atoms with Crippen LogP contribution in [0.1, 0.15) is 59.4 Å². The van der Waals surface area contributed by atoms with E-state index in [4.69, 9.17) is 21.9 Å². The number of nitrogens with zero attached hydrogens (tertiary/aromatic N) is 1. The van der Waals surface area contributed by atoms with Crippen molar-refractivity contribution in [1.29, 1.82) is 0 Å². The van der Waals surface area contributed by atoms with Gasteiger partial charge in [0.15, 0.2) is 5.96 Å². The average Bonchev–Trinajstić information content (AvgIpc) is 2.94. The smallest absolute Gasteiger partial charge is 0.255 e. The standard InChI is InChI=1S/C28H38N8O7S/c1-4-15(2)23-27(40)33-20(6-5-11-32-28(30)31)26(39)34-21-12-16(24(29)37)7-8-17(21)14-43-22-10-9-18(36-44(3,41)42)13-19(22)25(38)35-23/h7-10,12-13,15,20,23,36H,4-6,11,14H2,1-3H3,(H2,29,37)(H,33,40)(H,34,39)(H,35,38)(H4,30,31,32)/t15-,20-,23?/m0/s1. The summed E-state index contributed by atoms with van der Waals surface area (Å²) in [6, 6.07) is 6.36. The highest BCUT2D eigenvalue weighted by atomic mass is 32.2. The van der Waals surface area contributed by atoms with Crippen molar-refractivity contribution in [1.82, 2.24) is 10.6 Å². The van der Waals surface area contributed by atoms with E-state index in [0.29, 0.717) is 18.4 Å². The number of carbonyl (C=O) groups is 4. The Labute approximate surface area is 255 Å². The second-order valence-electron chi connectivity index (χ2n) is 10.4. The Morgan fingerprint density at radius 1 is 1.09 bits per heavy atom. The summed E-state index contributed by atoms with van der Waals surface area (Å²) in [6.07, 6.45) is 1.94. The molecule has 2 aromatic carbocycles. The zero-order valence-electron chi connectivity index (χ0n) is 24.7. The van der Waals surface area contributed by atoms with Gasteiger partial charge in [0.05, 0.1) is 11.8 Å². The summed E-state index contributed by atoms with van der Waals surface area (Å²) in [6.45, 7) is 3.64. The molecule has 0 spiro atoms. The third-order valence-electron chi connectivity index (χ3n) is 6.92. The highest BCUT2D eigenvalue weighted by Crippen LogP contribution is 2.27. The highest BCUT2D eigenvalue weighted by molar-refractivity contribution is 7.92. The first kappa shape index (κ1) is 33.6. The largest absolute Gasteiger partial charge is 0.488 e. The monoisotopic (exact) mass is 630 g/mol. The van der Waals surface area contributed by atoms with E-state index >= 15 is 0 Å². The van der Waals surface area contributed by atoms with Crippen LogP contribution in [0.2, 0.25) is 0 Å². The molecule has 0 aromatic heterocycles. The molecular formula is C28H38N8O7S. The SMILES string of the molecule is CC[C@H](C)C1NC(=O)c2cc(NS(C)(=O)=O)ccc2OCc2ccc(C(N)=O)cc2NC(=O)[C@H](CCCN=C(N)N)NC1=O. The molecule has 44 heavy (non-hydrogen) atoms. The molecule has 16 heteroatoms. The van der Waals surface area contributed by atoms with Gasteiger partial charge in [-0.3, -0.25) is 28.9 Å². The van der Waals surface area contributed by atoms with Crippen molar-refractivity contribution < 1.29 is 32.3 Å². The maximum atomic E-state index is 13.6. The van der Waals surface area contributed by atoms with Gasteiger partial charge in [0, 0.05) is 29.0 Å². The summed E-state index contributed by atoms with van der Waals surface area (Å²) in [7, 11) is -3.67. The third-order valence-corrected chi connectivity index (χ3v) is 7.53. The number of benzene rings is 2. The number of aliphatic imine (C=N–C) groups is 1. The zero-order valence-corrected chi connectivity index (χ0v) is 25.5. The van der Waals surface area contributed by atoms with E-state index < -0.39 is 45.7 Å². The first-order valence-electron chi connectivity index (χ1n) is 13.8. The highest BCUT2D eigenvalue weighted by Gasteiger charge is 2.31. The maximum Gasteiger partial charge on any atom is 0.255 e. The molecule has 1 aliphatic rings. The lowest BCUT2D eigenvalue weighted by molar-refractivity contribution is -0.128. The van der Waals surface area contributed by atoms with Gasteiger partial charge < -0.3 is 37.9 Å². The van der Waals surface area contributed by atoms with Crippen LogP contribution in [0.4, 0.5) is 11.4 Å². The summed E-state index contributed by atoms with van der Waals surface area (Å²) in [5.74, 6) is -3.04. The van der Waals surface area contributed by atoms with Crippen molar-refractivity contribution in [2.24, 2.45) is 28.1 Å². The molecular weight excluding hydrogens is 592 g/mol. The number of amides is 4. The molecule has 0 saturated carbocycles. The van der Waals surface area contributed by atoms with Crippen LogP contribution < -0.4 is 42.6 Å². The molecule has 0 fully saturated rings. The Morgan fingerprint density at radius 2 is 1.82 bits per heavy atom. The molecule has 1 heterocycles.